The molecule has 31 heavy (non-hydrogen) atoms. The molecule has 0 saturated heterocycles. The van der Waals surface area contributed by atoms with E-state index in [1.165, 1.54) is 11.4 Å². The normalized spacial score (nSPS) is 15.9. The first-order valence-corrected chi connectivity index (χ1v) is 10.6. The monoisotopic (exact) mass is 450 g/mol. The predicted octanol–water partition coefficient (Wildman–Crippen LogP) is 5.27. The summed E-state index contributed by atoms with van der Waals surface area (Å²) in [5.74, 6) is 0.878. The Morgan fingerprint density at radius 1 is 1.23 bits per heavy atom. The number of aliphatic hydroxyl groups excluding tert-OH is 1. The summed E-state index contributed by atoms with van der Waals surface area (Å²) in [4.78, 5) is 3.53. The third-order valence-corrected chi connectivity index (χ3v) is 6.16. The quantitative estimate of drug-likeness (QED) is 0.480. The zero-order valence-corrected chi connectivity index (χ0v) is 17.3. The van der Waals surface area contributed by atoms with E-state index in [-0.39, 0.29) is 19.3 Å². The molecule has 5 nitrogen and oxygen atoms in total. The molecule has 0 fully saturated rings. The number of fused-ring (bicyclic) bond motifs is 1. The molecule has 2 aromatic heterocycles. The van der Waals surface area contributed by atoms with E-state index in [2.05, 4.69) is 10.3 Å². The highest BCUT2D eigenvalue weighted by molar-refractivity contribution is 7.10. The van der Waals surface area contributed by atoms with E-state index in [0.717, 1.165) is 23.2 Å². The minimum atomic E-state index is -4.34. The molecule has 1 aliphatic rings. The lowest BCUT2D eigenvalue weighted by Gasteiger charge is -2.27. The van der Waals surface area contributed by atoms with Crippen LogP contribution in [0.3, 0.4) is 0 Å². The number of nitrogens with zero attached hydrogens (tertiary/aromatic N) is 1. The Balaban J connectivity index is 1.50. The maximum Gasteiger partial charge on any atom is 0.425 e. The van der Waals surface area contributed by atoms with Crippen molar-refractivity contribution < 1.29 is 27.8 Å². The van der Waals surface area contributed by atoms with Gasteiger partial charge in [0.1, 0.15) is 17.4 Å². The van der Waals surface area contributed by atoms with Crippen molar-refractivity contribution in [1.29, 1.82) is 0 Å². The van der Waals surface area contributed by atoms with E-state index in [1.807, 2.05) is 24.3 Å². The topological polar surface area (TPSA) is 63.6 Å². The van der Waals surface area contributed by atoms with Crippen LogP contribution in [0.5, 0.6) is 5.75 Å². The van der Waals surface area contributed by atoms with Crippen LogP contribution in [0.1, 0.15) is 28.3 Å². The van der Waals surface area contributed by atoms with Crippen molar-refractivity contribution in [3.05, 3.63) is 64.1 Å². The zero-order chi connectivity index (χ0) is 21.8. The molecular formula is C22H21F3N2O3S. The molecule has 9 heteroatoms. The first kappa shape index (κ1) is 21.6. The third kappa shape index (κ3) is 5.00. The van der Waals surface area contributed by atoms with Gasteiger partial charge in [-0.25, -0.2) is 0 Å². The average molecular weight is 450 g/mol. The van der Waals surface area contributed by atoms with Gasteiger partial charge >= 0.3 is 6.18 Å². The van der Waals surface area contributed by atoms with Crippen LogP contribution in [0, 0.1) is 0 Å². The van der Waals surface area contributed by atoms with Gasteiger partial charge in [0.05, 0.1) is 25.1 Å². The Morgan fingerprint density at radius 2 is 2.10 bits per heavy atom. The van der Waals surface area contributed by atoms with E-state index in [0.29, 0.717) is 41.4 Å². The van der Waals surface area contributed by atoms with Gasteiger partial charge in [0.15, 0.2) is 0 Å². The zero-order valence-electron chi connectivity index (χ0n) is 16.5. The molecule has 0 spiro atoms. The number of hydrogen-bond donors (Lipinski definition) is 2. The van der Waals surface area contributed by atoms with Gasteiger partial charge in [-0.2, -0.15) is 13.2 Å². The van der Waals surface area contributed by atoms with E-state index in [1.54, 1.807) is 12.4 Å². The molecule has 164 valence electrons. The minimum Gasteiger partial charge on any atom is -0.493 e. The maximum absolute atomic E-state index is 12.9. The molecule has 0 amide bonds. The number of rotatable bonds is 7. The second-order valence-electron chi connectivity index (χ2n) is 7.18. The van der Waals surface area contributed by atoms with Gasteiger partial charge in [-0.3, -0.25) is 4.98 Å². The Labute approximate surface area is 181 Å². The van der Waals surface area contributed by atoms with E-state index in [9.17, 15) is 13.2 Å². The summed E-state index contributed by atoms with van der Waals surface area (Å²) in [6.45, 7) is 1.10. The number of alkyl halides is 3. The highest BCUT2D eigenvalue weighted by Crippen LogP contribution is 2.40. The van der Waals surface area contributed by atoms with Crippen LogP contribution in [0.25, 0.3) is 11.1 Å². The molecule has 4 rings (SSSR count). The van der Waals surface area contributed by atoms with Gasteiger partial charge in [-0.05, 0) is 46.7 Å². The van der Waals surface area contributed by atoms with E-state index < -0.39 is 11.1 Å². The van der Waals surface area contributed by atoms with Gasteiger partial charge in [0, 0.05) is 24.2 Å². The molecule has 1 atom stereocenters. The van der Waals surface area contributed by atoms with Crippen LogP contribution >= 0.6 is 11.3 Å². The van der Waals surface area contributed by atoms with Crippen LogP contribution in [0.4, 0.5) is 18.9 Å². The van der Waals surface area contributed by atoms with Crippen molar-refractivity contribution in [3.63, 3.8) is 0 Å². The average Bonchev–Trinajstić information content (AvgIpc) is 3.27. The molecular weight excluding hydrogens is 429 g/mol. The smallest absolute Gasteiger partial charge is 0.425 e. The molecule has 1 aliphatic heterocycles. The van der Waals surface area contributed by atoms with E-state index >= 15 is 0 Å². The minimum absolute atomic E-state index is 0.179. The van der Waals surface area contributed by atoms with Crippen LogP contribution in [-0.4, -0.2) is 30.0 Å². The number of hydrogen-bond acceptors (Lipinski definition) is 6. The molecule has 0 saturated carbocycles. The number of anilines is 1. The van der Waals surface area contributed by atoms with Crippen LogP contribution in [-0.2, 0) is 17.5 Å². The van der Waals surface area contributed by atoms with Crippen molar-refractivity contribution in [2.75, 3.05) is 25.3 Å². The molecule has 0 unspecified atom stereocenters. The number of nitrogens with one attached hydrogen (secondary N) is 1. The number of aromatic nitrogens is 1. The SMILES string of the molecule is OCOCc1ccncc1NC[C@H]1CCOc2cc(-c3csc(C(F)(F)F)c3)ccc21. The second-order valence-corrected chi connectivity index (χ2v) is 8.09. The molecule has 0 radical (unpaired) electrons. The lowest BCUT2D eigenvalue weighted by Crippen LogP contribution is -2.21. The fourth-order valence-electron chi connectivity index (χ4n) is 3.59. The summed E-state index contributed by atoms with van der Waals surface area (Å²) >= 11 is 0.694. The molecule has 3 aromatic rings. The fraction of sp³-hybridized carbons (Fsp3) is 0.318. The number of ether oxygens (including phenoxy) is 2. The van der Waals surface area contributed by atoms with E-state index in [4.69, 9.17) is 14.6 Å². The molecule has 0 bridgehead atoms. The van der Waals surface area contributed by atoms with Crippen LogP contribution in [0.2, 0.25) is 0 Å². The van der Waals surface area contributed by atoms with Crippen molar-refractivity contribution in [2.24, 2.45) is 0 Å². The van der Waals surface area contributed by atoms with Gasteiger partial charge < -0.3 is 19.9 Å². The Kier molecular flexibility index (Phi) is 6.45. The van der Waals surface area contributed by atoms with Crippen molar-refractivity contribution in [3.8, 4) is 16.9 Å². The summed E-state index contributed by atoms with van der Waals surface area (Å²) in [7, 11) is 0. The summed E-state index contributed by atoms with van der Waals surface area (Å²) in [6, 6.07) is 8.59. The van der Waals surface area contributed by atoms with Gasteiger partial charge in [-0.15, -0.1) is 11.3 Å². The fourth-order valence-corrected chi connectivity index (χ4v) is 4.37. The third-order valence-electron chi connectivity index (χ3n) is 5.19. The summed E-state index contributed by atoms with van der Waals surface area (Å²) < 4.78 is 49.6. The molecule has 3 heterocycles. The lowest BCUT2D eigenvalue weighted by atomic mass is 9.91. The number of thiophene rings is 1. The number of aliphatic hydroxyl groups is 1. The number of halogens is 3. The summed E-state index contributed by atoms with van der Waals surface area (Å²) in [5, 5.41) is 13.8. The van der Waals surface area contributed by atoms with Crippen LogP contribution in [0.15, 0.2) is 48.1 Å². The Hall–Kier alpha value is -2.62. The molecule has 1 aromatic carbocycles. The Bertz CT molecular complexity index is 1040. The number of benzene rings is 1. The maximum atomic E-state index is 12.9. The first-order chi connectivity index (χ1) is 15.0. The largest absolute Gasteiger partial charge is 0.493 e. The lowest BCUT2D eigenvalue weighted by molar-refractivity contribution is -0.134. The van der Waals surface area contributed by atoms with Crippen LogP contribution < -0.4 is 10.1 Å². The molecule has 0 aliphatic carbocycles. The predicted molar refractivity (Wildman–Crippen MR) is 112 cm³/mol. The summed E-state index contributed by atoms with van der Waals surface area (Å²) in [5.41, 5.74) is 3.98. The van der Waals surface area contributed by atoms with Crippen molar-refractivity contribution in [2.45, 2.75) is 25.1 Å². The highest BCUT2D eigenvalue weighted by Gasteiger charge is 2.32. The number of pyridine rings is 1. The standard InChI is InChI=1S/C22H21F3N2O3S/c23-22(24,25)21-8-17(12-31-21)14-1-2-18-15(4-6-30-20(18)7-14)9-27-19-10-26-5-3-16(19)11-29-13-28/h1-3,5,7-8,10,12,15,27-28H,4,6,9,11,13H2/t15-/m1/s1. The van der Waals surface area contributed by atoms with Crippen molar-refractivity contribution >= 4 is 17.0 Å². The van der Waals surface area contributed by atoms with Gasteiger partial charge in [0.2, 0.25) is 0 Å². The Morgan fingerprint density at radius 3 is 2.87 bits per heavy atom. The van der Waals surface area contributed by atoms with Gasteiger partial charge in [-0.1, -0.05) is 12.1 Å². The second kappa shape index (κ2) is 9.25. The highest BCUT2D eigenvalue weighted by atomic mass is 32.1. The first-order valence-electron chi connectivity index (χ1n) is 9.74. The summed E-state index contributed by atoms with van der Waals surface area (Å²) in [6.07, 6.45) is -0.133. The van der Waals surface area contributed by atoms with Crippen molar-refractivity contribution in [1.82, 2.24) is 4.98 Å². The molecule has 2 N–H and O–H groups in total. The van der Waals surface area contributed by atoms with Gasteiger partial charge in [0.25, 0.3) is 0 Å².